The number of aryl methyl sites for hydroxylation is 3. The summed E-state index contributed by atoms with van der Waals surface area (Å²) < 4.78 is 5.36. The molecule has 3 aromatic rings. The molecule has 1 atom stereocenters. The zero-order chi connectivity index (χ0) is 19.7. The van der Waals surface area contributed by atoms with Crippen LogP contribution in [0.2, 0.25) is 0 Å². The molecule has 3 heterocycles. The first-order valence-corrected chi connectivity index (χ1v) is 11.5. The van der Waals surface area contributed by atoms with Crippen molar-refractivity contribution in [3.8, 4) is 0 Å². The Balaban J connectivity index is 1.54. The van der Waals surface area contributed by atoms with Crippen molar-refractivity contribution < 1.29 is 4.52 Å². The van der Waals surface area contributed by atoms with Crippen LogP contribution in [0.5, 0.6) is 0 Å². The number of hydrogen-bond donors (Lipinski definition) is 1. The van der Waals surface area contributed by atoms with Crippen molar-refractivity contribution in [2.45, 2.75) is 45.6 Å². The average molecular weight is 415 g/mol. The number of fused-ring (bicyclic) bond motifs is 1. The van der Waals surface area contributed by atoms with Gasteiger partial charge in [0.25, 0.3) is 5.56 Å². The van der Waals surface area contributed by atoms with E-state index in [1.165, 1.54) is 26.5 Å². The highest BCUT2D eigenvalue weighted by atomic mass is 32.1. The number of thiophene rings is 2. The lowest BCUT2D eigenvalue weighted by Gasteiger charge is -2.29. The maximum atomic E-state index is 12.2. The van der Waals surface area contributed by atoms with Crippen LogP contribution in [0.15, 0.2) is 38.3 Å². The maximum Gasteiger partial charge on any atom is 0.284 e. The third-order valence-corrected chi connectivity index (χ3v) is 7.70. The molecule has 1 N–H and O–H groups in total. The number of nitrogens with one attached hydrogen (secondary N) is 1. The molecule has 0 saturated carbocycles. The number of H-pyrrole nitrogens is 1. The summed E-state index contributed by atoms with van der Waals surface area (Å²) in [4.78, 5) is 17.2. The minimum atomic E-state index is -0.0637. The second-order valence-electron chi connectivity index (χ2n) is 7.53. The fourth-order valence-electron chi connectivity index (χ4n) is 4.06. The van der Waals surface area contributed by atoms with Crippen LogP contribution in [-0.2, 0) is 6.42 Å². The van der Waals surface area contributed by atoms with Gasteiger partial charge in [0.15, 0.2) is 0 Å². The maximum absolute atomic E-state index is 12.2. The predicted octanol–water partition coefficient (Wildman–Crippen LogP) is 5.54. The fraction of sp³-hybridized carbons (Fsp3) is 0.409. The first-order chi connectivity index (χ1) is 13.6. The van der Waals surface area contributed by atoms with E-state index in [-0.39, 0.29) is 11.6 Å². The molecule has 28 heavy (non-hydrogen) atoms. The van der Waals surface area contributed by atoms with Gasteiger partial charge in [0.05, 0.1) is 5.56 Å². The van der Waals surface area contributed by atoms with Gasteiger partial charge in [-0.2, -0.15) is 5.16 Å². The van der Waals surface area contributed by atoms with Crippen LogP contribution < -0.4 is 5.56 Å². The van der Waals surface area contributed by atoms with Gasteiger partial charge in [0.2, 0.25) is 0 Å². The summed E-state index contributed by atoms with van der Waals surface area (Å²) in [6, 6.07) is 4.53. The average Bonchev–Trinajstić information content (AvgIpc) is 3.40. The quantitative estimate of drug-likeness (QED) is 0.576. The van der Waals surface area contributed by atoms with E-state index in [0.29, 0.717) is 0 Å². The molecular formula is C22H26N2O2S2. The number of aromatic amines is 1. The lowest BCUT2D eigenvalue weighted by atomic mass is 9.92. The van der Waals surface area contributed by atoms with E-state index in [2.05, 4.69) is 59.9 Å². The van der Waals surface area contributed by atoms with Crippen LogP contribution in [-0.4, -0.2) is 23.6 Å². The highest BCUT2D eigenvalue weighted by Crippen LogP contribution is 2.36. The van der Waals surface area contributed by atoms with Crippen molar-refractivity contribution in [3.63, 3.8) is 0 Å². The number of nitrogens with zero attached hydrogens (tertiary/aromatic N) is 1. The van der Waals surface area contributed by atoms with Crippen LogP contribution >= 0.6 is 22.7 Å². The molecule has 1 aliphatic rings. The van der Waals surface area contributed by atoms with Crippen LogP contribution in [0.25, 0.3) is 5.57 Å². The Bertz CT molecular complexity index is 995. The summed E-state index contributed by atoms with van der Waals surface area (Å²) in [5, 5.41) is 6.86. The smallest absolute Gasteiger partial charge is 0.284 e. The molecule has 4 rings (SSSR count). The lowest BCUT2D eigenvalue weighted by Crippen LogP contribution is -2.31. The zero-order valence-electron chi connectivity index (χ0n) is 16.6. The summed E-state index contributed by atoms with van der Waals surface area (Å²) in [5.74, 6) is 0.841. The Morgan fingerprint density at radius 2 is 1.93 bits per heavy atom. The molecule has 1 aliphatic carbocycles. The summed E-state index contributed by atoms with van der Waals surface area (Å²) in [6.07, 6.45) is 6.25. The standard InChI is InChI=1S/C22H26N2O2S2/c1-14-9-12-27-20(14)16(21-15(2)10-13-28-21)6-5-11-24(3)17-7-4-8-18-19(17)22(25)23-26-18/h6,9-10,12-13,17H,4-5,7-8,11H2,1-3H3,(H,23,25)/t17-/m1/s1. The van der Waals surface area contributed by atoms with E-state index in [9.17, 15) is 4.79 Å². The Hall–Kier alpha value is -1.89. The molecule has 0 aromatic carbocycles. The van der Waals surface area contributed by atoms with Gasteiger partial charge in [0.1, 0.15) is 5.76 Å². The largest absolute Gasteiger partial charge is 0.383 e. The summed E-state index contributed by atoms with van der Waals surface area (Å²) in [6.45, 7) is 5.28. The Morgan fingerprint density at radius 1 is 1.25 bits per heavy atom. The van der Waals surface area contributed by atoms with Gasteiger partial charge in [-0.15, -0.1) is 22.7 Å². The van der Waals surface area contributed by atoms with Crippen LogP contribution in [0, 0.1) is 13.8 Å². The highest BCUT2D eigenvalue weighted by molar-refractivity contribution is 7.14. The van der Waals surface area contributed by atoms with Gasteiger partial charge in [-0.3, -0.25) is 9.69 Å². The third kappa shape index (κ3) is 3.69. The topological polar surface area (TPSA) is 49.2 Å². The Morgan fingerprint density at radius 3 is 2.54 bits per heavy atom. The van der Waals surface area contributed by atoms with Gasteiger partial charge in [-0.05, 0) is 74.2 Å². The van der Waals surface area contributed by atoms with Gasteiger partial charge >= 0.3 is 0 Å². The first-order valence-electron chi connectivity index (χ1n) is 9.76. The number of hydrogen-bond acceptors (Lipinski definition) is 5. The van der Waals surface area contributed by atoms with E-state index in [4.69, 9.17) is 4.52 Å². The molecule has 0 unspecified atom stereocenters. The van der Waals surface area contributed by atoms with Crippen LogP contribution in [0.1, 0.15) is 57.5 Å². The second kappa shape index (κ2) is 8.23. The van der Waals surface area contributed by atoms with Crippen molar-refractivity contribution in [2.75, 3.05) is 13.6 Å². The van der Waals surface area contributed by atoms with Gasteiger partial charge in [-0.25, -0.2) is 0 Å². The molecule has 0 radical (unpaired) electrons. The van der Waals surface area contributed by atoms with Crippen molar-refractivity contribution >= 4 is 28.2 Å². The first kappa shape index (κ1) is 19.4. The predicted molar refractivity (Wildman–Crippen MR) is 117 cm³/mol. The fourth-order valence-corrected chi connectivity index (χ4v) is 6.08. The molecular weight excluding hydrogens is 388 g/mol. The van der Waals surface area contributed by atoms with Gasteiger partial charge < -0.3 is 4.52 Å². The molecule has 0 bridgehead atoms. The Labute approximate surface area is 173 Å². The molecule has 148 valence electrons. The molecule has 4 nitrogen and oxygen atoms in total. The van der Waals surface area contributed by atoms with E-state index in [1.807, 2.05) is 22.7 Å². The minimum absolute atomic E-state index is 0.0637. The lowest BCUT2D eigenvalue weighted by molar-refractivity contribution is 0.217. The van der Waals surface area contributed by atoms with Gasteiger partial charge in [0, 0.05) is 34.3 Å². The van der Waals surface area contributed by atoms with E-state index in [0.717, 1.165) is 43.6 Å². The van der Waals surface area contributed by atoms with E-state index < -0.39 is 0 Å². The van der Waals surface area contributed by atoms with Crippen molar-refractivity contribution in [3.05, 3.63) is 71.5 Å². The molecule has 3 aromatic heterocycles. The number of aromatic nitrogens is 1. The van der Waals surface area contributed by atoms with E-state index in [1.54, 1.807) is 0 Å². The molecule has 0 saturated heterocycles. The van der Waals surface area contributed by atoms with Crippen molar-refractivity contribution in [1.82, 2.24) is 10.1 Å². The SMILES string of the molecule is Cc1ccsc1C(=CCCN(C)[C@@H]1CCCc2o[nH]c(=O)c21)c1sccc1C. The summed E-state index contributed by atoms with van der Waals surface area (Å²) in [5.41, 5.74) is 4.78. The van der Waals surface area contributed by atoms with Crippen molar-refractivity contribution in [2.24, 2.45) is 0 Å². The third-order valence-electron chi connectivity index (χ3n) is 5.60. The van der Waals surface area contributed by atoms with Crippen molar-refractivity contribution in [1.29, 1.82) is 0 Å². The van der Waals surface area contributed by atoms with Crippen LogP contribution in [0.3, 0.4) is 0 Å². The molecule has 0 aliphatic heterocycles. The van der Waals surface area contributed by atoms with E-state index >= 15 is 0 Å². The molecule has 6 heteroatoms. The second-order valence-corrected chi connectivity index (χ2v) is 9.36. The monoisotopic (exact) mass is 414 g/mol. The number of rotatable bonds is 6. The highest BCUT2D eigenvalue weighted by Gasteiger charge is 2.29. The molecule has 0 spiro atoms. The van der Waals surface area contributed by atoms with Gasteiger partial charge in [-0.1, -0.05) is 6.08 Å². The zero-order valence-corrected chi connectivity index (χ0v) is 18.2. The summed E-state index contributed by atoms with van der Waals surface area (Å²) in [7, 11) is 2.12. The minimum Gasteiger partial charge on any atom is -0.383 e. The molecule has 0 amide bonds. The molecule has 0 fully saturated rings. The Kier molecular flexibility index (Phi) is 5.71. The summed E-state index contributed by atoms with van der Waals surface area (Å²) >= 11 is 3.62. The normalized spacial score (nSPS) is 16.4. The van der Waals surface area contributed by atoms with Crippen LogP contribution in [0.4, 0.5) is 0 Å².